The second-order valence-electron chi connectivity index (χ2n) is 9.29. The molecule has 6 nitrogen and oxygen atoms in total. The van der Waals surface area contributed by atoms with Gasteiger partial charge in [-0.05, 0) is 80.8 Å². The molecule has 0 atom stereocenters. The zero-order valence-electron chi connectivity index (χ0n) is 20.1. The molecule has 2 amide bonds. The molecule has 202 valence electrons. The van der Waals surface area contributed by atoms with Crippen LogP contribution in [0.3, 0.4) is 0 Å². The van der Waals surface area contributed by atoms with Crippen molar-refractivity contribution >= 4 is 17.6 Å². The first-order valence-electron chi connectivity index (χ1n) is 11.8. The number of halogens is 6. The van der Waals surface area contributed by atoms with Gasteiger partial charge < -0.3 is 16.0 Å². The Kier molecular flexibility index (Phi) is 9.16. The van der Waals surface area contributed by atoms with Gasteiger partial charge in [-0.25, -0.2) is 4.98 Å². The minimum atomic E-state index is -5.01. The number of nitrogens with one attached hydrogen (secondary N) is 3. The second kappa shape index (κ2) is 11.9. The van der Waals surface area contributed by atoms with Crippen LogP contribution in [0.25, 0.3) is 0 Å². The maximum Gasteiger partial charge on any atom is 0.416 e. The summed E-state index contributed by atoms with van der Waals surface area (Å²) in [5.41, 5.74) is -2.75. The number of pyridine rings is 1. The molecule has 1 saturated carbocycles. The van der Waals surface area contributed by atoms with E-state index in [0.29, 0.717) is 30.4 Å². The Morgan fingerprint density at radius 2 is 1.46 bits per heavy atom. The summed E-state index contributed by atoms with van der Waals surface area (Å²) in [7, 11) is 0. The summed E-state index contributed by atoms with van der Waals surface area (Å²) in [6.45, 7) is 2.80. The van der Waals surface area contributed by atoms with E-state index < -0.39 is 35.0 Å². The predicted octanol–water partition coefficient (Wildman–Crippen LogP) is 5.19. The van der Waals surface area contributed by atoms with Crippen molar-refractivity contribution in [1.29, 1.82) is 0 Å². The van der Waals surface area contributed by atoms with Crippen LogP contribution in [-0.2, 0) is 17.1 Å². The fraction of sp³-hybridized carbons (Fsp3) is 0.480. The first-order chi connectivity index (χ1) is 17.3. The number of anilines is 1. The number of amides is 2. The molecular formula is C25H28F6N4O2. The third kappa shape index (κ3) is 8.73. The molecule has 2 aromatic rings. The molecule has 37 heavy (non-hydrogen) atoms. The number of benzene rings is 1. The van der Waals surface area contributed by atoms with Gasteiger partial charge in [0.2, 0.25) is 5.91 Å². The fourth-order valence-corrected chi connectivity index (χ4v) is 4.18. The van der Waals surface area contributed by atoms with Crippen LogP contribution in [0, 0.1) is 18.8 Å². The van der Waals surface area contributed by atoms with Crippen LogP contribution in [0.5, 0.6) is 0 Å². The van der Waals surface area contributed by atoms with Gasteiger partial charge in [0.25, 0.3) is 5.91 Å². The van der Waals surface area contributed by atoms with E-state index in [1.165, 1.54) is 0 Å². The van der Waals surface area contributed by atoms with Crippen LogP contribution in [-0.4, -0.2) is 36.4 Å². The molecular weight excluding hydrogens is 502 g/mol. The van der Waals surface area contributed by atoms with Gasteiger partial charge in [-0.3, -0.25) is 9.59 Å². The van der Waals surface area contributed by atoms with Crippen molar-refractivity contribution < 1.29 is 35.9 Å². The van der Waals surface area contributed by atoms with Crippen LogP contribution in [0.1, 0.15) is 52.7 Å². The standard InChI is InChI=1S/C25H28F6N4O2/c1-15-2-7-21(33-11-15)35-22(36)14-32-12-16-3-5-17(6-4-16)13-34-23(37)18-8-19(24(26,27)28)10-20(9-18)25(29,30)31/h2,7-11,16-17,32H,3-6,12-14H2,1H3,(H,34,37)(H,33,35,36)/t16-,17-. The Morgan fingerprint density at radius 3 is 1.97 bits per heavy atom. The van der Waals surface area contributed by atoms with E-state index in [4.69, 9.17) is 0 Å². The molecule has 1 aromatic heterocycles. The number of aryl methyl sites for hydroxylation is 1. The van der Waals surface area contributed by atoms with Gasteiger partial charge in [-0.2, -0.15) is 26.3 Å². The average Bonchev–Trinajstić information content (AvgIpc) is 2.83. The lowest BCUT2D eigenvalue weighted by Gasteiger charge is -2.28. The average molecular weight is 531 g/mol. The van der Waals surface area contributed by atoms with Crippen molar-refractivity contribution in [2.75, 3.05) is 25.0 Å². The summed E-state index contributed by atoms with van der Waals surface area (Å²) in [5, 5.41) is 8.29. The number of rotatable bonds is 8. The normalized spacial score (nSPS) is 18.4. The Hall–Kier alpha value is -3.15. The van der Waals surface area contributed by atoms with Crippen LogP contribution in [0.4, 0.5) is 32.2 Å². The van der Waals surface area contributed by atoms with Gasteiger partial charge in [-0.1, -0.05) is 6.07 Å². The van der Waals surface area contributed by atoms with E-state index >= 15 is 0 Å². The van der Waals surface area contributed by atoms with Crippen LogP contribution in [0.2, 0.25) is 0 Å². The van der Waals surface area contributed by atoms with Gasteiger partial charge in [0.15, 0.2) is 0 Å². The Labute approximate surface area is 210 Å². The summed E-state index contributed by atoms with van der Waals surface area (Å²) in [5.74, 6) is -0.343. The van der Waals surface area contributed by atoms with Crippen molar-refractivity contribution in [2.45, 2.75) is 45.0 Å². The Bertz CT molecular complexity index is 1050. The minimum absolute atomic E-state index is 0.00484. The minimum Gasteiger partial charge on any atom is -0.352 e. The molecule has 1 fully saturated rings. The molecule has 0 saturated heterocycles. The molecule has 0 radical (unpaired) electrons. The number of alkyl halides is 6. The van der Waals surface area contributed by atoms with Crippen LogP contribution < -0.4 is 16.0 Å². The number of carbonyl (C=O) groups is 2. The second-order valence-corrected chi connectivity index (χ2v) is 9.29. The van der Waals surface area contributed by atoms with Crippen LogP contribution >= 0.6 is 0 Å². The van der Waals surface area contributed by atoms with E-state index in [0.717, 1.165) is 31.2 Å². The van der Waals surface area contributed by atoms with Crippen molar-refractivity contribution in [1.82, 2.24) is 15.6 Å². The highest BCUT2D eigenvalue weighted by Crippen LogP contribution is 2.36. The lowest BCUT2D eigenvalue weighted by molar-refractivity contribution is -0.143. The molecule has 1 aromatic carbocycles. The quantitative estimate of drug-likeness (QED) is 0.410. The summed E-state index contributed by atoms with van der Waals surface area (Å²) < 4.78 is 78.2. The first kappa shape index (κ1) is 28.4. The SMILES string of the molecule is Cc1ccc(NC(=O)CNC[C@H]2CC[C@H](CNC(=O)c3cc(C(F)(F)F)cc(C(F)(F)F)c3)CC2)nc1. The third-order valence-corrected chi connectivity index (χ3v) is 6.26. The zero-order valence-corrected chi connectivity index (χ0v) is 20.1. The highest BCUT2D eigenvalue weighted by molar-refractivity contribution is 5.94. The van der Waals surface area contributed by atoms with Crippen molar-refractivity contribution in [3.8, 4) is 0 Å². The topological polar surface area (TPSA) is 83.1 Å². The Balaban J connectivity index is 1.42. The van der Waals surface area contributed by atoms with E-state index in [1.807, 2.05) is 13.0 Å². The smallest absolute Gasteiger partial charge is 0.352 e. The summed E-state index contributed by atoms with van der Waals surface area (Å²) in [4.78, 5) is 28.5. The maximum atomic E-state index is 13.0. The largest absolute Gasteiger partial charge is 0.416 e. The number of hydrogen-bond donors (Lipinski definition) is 3. The van der Waals surface area contributed by atoms with Crippen molar-refractivity contribution in [2.24, 2.45) is 11.8 Å². The Morgan fingerprint density at radius 1 is 0.892 bits per heavy atom. The molecule has 1 heterocycles. The van der Waals surface area contributed by atoms with E-state index in [9.17, 15) is 35.9 Å². The van der Waals surface area contributed by atoms with E-state index in [2.05, 4.69) is 20.9 Å². The molecule has 1 aliphatic carbocycles. The first-order valence-corrected chi connectivity index (χ1v) is 11.8. The summed E-state index contributed by atoms with van der Waals surface area (Å²) in [6, 6.07) is 4.41. The predicted molar refractivity (Wildman–Crippen MR) is 125 cm³/mol. The monoisotopic (exact) mass is 530 g/mol. The molecule has 0 spiro atoms. The highest BCUT2D eigenvalue weighted by atomic mass is 19.4. The fourth-order valence-electron chi connectivity index (χ4n) is 4.18. The zero-order chi connectivity index (χ0) is 27.2. The molecule has 0 unspecified atom stereocenters. The summed E-state index contributed by atoms with van der Waals surface area (Å²) in [6.07, 6.45) is -5.26. The lowest BCUT2D eigenvalue weighted by atomic mass is 9.82. The molecule has 3 N–H and O–H groups in total. The molecule has 0 aliphatic heterocycles. The van der Waals surface area contributed by atoms with Gasteiger partial charge >= 0.3 is 12.4 Å². The van der Waals surface area contributed by atoms with Gasteiger partial charge in [0, 0.05) is 18.3 Å². The van der Waals surface area contributed by atoms with Gasteiger partial charge in [0.05, 0.1) is 17.7 Å². The number of carbonyl (C=O) groups excluding carboxylic acids is 2. The molecule has 0 bridgehead atoms. The lowest BCUT2D eigenvalue weighted by Crippen LogP contribution is -2.35. The summed E-state index contributed by atoms with van der Waals surface area (Å²) >= 11 is 0. The van der Waals surface area contributed by atoms with E-state index in [-0.39, 0.29) is 31.0 Å². The van der Waals surface area contributed by atoms with Gasteiger partial charge in [-0.15, -0.1) is 0 Å². The van der Waals surface area contributed by atoms with E-state index in [1.54, 1.807) is 12.3 Å². The number of hydrogen-bond acceptors (Lipinski definition) is 4. The van der Waals surface area contributed by atoms with Crippen molar-refractivity contribution in [3.63, 3.8) is 0 Å². The molecule has 1 aliphatic rings. The maximum absolute atomic E-state index is 13.0. The number of nitrogens with zero attached hydrogens (tertiary/aromatic N) is 1. The van der Waals surface area contributed by atoms with Crippen molar-refractivity contribution in [3.05, 3.63) is 58.8 Å². The van der Waals surface area contributed by atoms with Crippen LogP contribution in [0.15, 0.2) is 36.5 Å². The molecule has 12 heteroatoms. The molecule has 3 rings (SSSR count). The number of aromatic nitrogens is 1. The third-order valence-electron chi connectivity index (χ3n) is 6.26. The highest BCUT2D eigenvalue weighted by Gasteiger charge is 2.37. The van der Waals surface area contributed by atoms with Gasteiger partial charge in [0.1, 0.15) is 5.82 Å².